The highest BCUT2D eigenvalue weighted by Crippen LogP contribution is 2.35. The van der Waals surface area contributed by atoms with Crippen LogP contribution in [0, 0.1) is 24.0 Å². The van der Waals surface area contributed by atoms with Gasteiger partial charge in [0.15, 0.2) is 0 Å². The van der Waals surface area contributed by atoms with E-state index in [2.05, 4.69) is 5.32 Å². The summed E-state index contributed by atoms with van der Waals surface area (Å²) in [5.41, 5.74) is 2.30. The molecule has 0 aliphatic carbocycles. The van der Waals surface area contributed by atoms with Crippen molar-refractivity contribution in [3.05, 3.63) is 57.6 Å². The molecular weight excluding hydrogens is 350 g/mol. The number of carbonyl (C=O) groups is 2. The molecule has 27 heavy (non-hydrogen) atoms. The molecule has 0 aromatic heterocycles. The van der Waals surface area contributed by atoms with E-state index in [0.29, 0.717) is 0 Å². The summed E-state index contributed by atoms with van der Waals surface area (Å²) >= 11 is 0. The molecule has 2 aromatic rings. The van der Waals surface area contributed by atoms with Gasteiger partial charge in [-0.2, -0.15) is 0 Å². The van der Waals surface area contributed by atoms with E-state index < -0.39 is 22.8 Å². The lowest BCUT2D eigenvalue weighted by Gasteiger charge is -2.17. The molecule has 3 rings (SSSR count). The number of hydrogen-bond donors (Lipinski definition) is 1. The van der Waals surface area contributed by atoms with Crippen LogP contribution in [0.25, 0.3) is 0 Å². The van der Waals surface area contributed by atoms with E-state index in [0.717, 1.165) is 21.7 Å². The standard InChI is InChI=1S/C19H19N3O5/c1-11-4-5-12(2)14(8-11)20-15-10-18(23)21(19(15)24)16-7-6-13(27-3)9-17(16)22(25)26/h4-9,15,20H,10H2,1-3H3/t15-/m1/s1. The highest BCUT2D eigenvalue weighted by Gasteiger charge is 2.42. The molecule has 2 amide bonds. The van der Waals surface area contributed by atoms with E-state index in [1.165, 1.54) is 25.3 Å². The van der Waals surface area contributed by atoms with Gasteiger partial charge in [0, 0.05) is 5.69 Å². The summed E-state index contributed by atoms with van der Waals surface area (Å²) in [6.07, 6.45) is -0.0740. The second-order valence-electron chi connectivity index (χ2n) is 6.40. The highest BCUT2D eigenvalue weighted by atomic mass is 16.6. The van der Waals surface area contributed by atoms with Gasteiger partial charge < -0.3 is 10.1 Å². The average molecular weight is 369 g/mol. The first kappa shape index (κ1) is 18.4. The number of anilines is 2. The number of nitrogens with one attached hydrogen (secondary N) is 1. The van der Waals surface area contributed by atoms with Crippen LogP contribution in [-0.2, 0) is 9.59 Å². The summed E-state index contributed by atoms with van der Waals surface area (Å²) in [6.45, 7) is 3.83. The number of aryl methyl sites for hydroxylation is 2. The quantitative estimate of drug-likeness (QED) is 0.494. The number of benzene rings is 2. The number of rotatable bonds is 5. The summed E-state index contributed by atoms with van der Waals surface area (Å²) in [4.78, 5) is 37.0. The lowest BCUT2D eigenvalue weighted by Crippen LogP contribution is -2.35. The Bertz CT molecular complexity index is 941. The number of ether oxygens (including phenoxy) is 1. The predicted molar refractivity (Wildman–Crippen MR) is 100 cm³/mol. The van der Waals surface area contributed by atoms with Crippen molar-refractivity contribution < 1.29 is 19.2 Å². The monoisotopic (exact) mass is 369 g/mol. The van der Waals surface area contributed by atoms with Crippen molar-refractivity contribution in [3.63, 3.8) is 0 Å². The number of hydrogen-bond acceptors (Lipinski definition) is 6. The van der Waals surface area contributed by atoms with Crippen LogP contribution in [0.2, 0.25) is 0 Å². The molecule has 0 unspecified atom stereocenters. The van der Waals surface area contributed by atoms with Crippen molar-refractivity contribution in [2.45, 2.75) is 26.3 Å². The maximum Gasteiger partial charge on any atom is 0.297 e. The predicted octanol–water partition coefficient (Wildman–Crippen LogP) is 2.96. The normalized spacial score (nSPS) is 16.6. The third-order valence-corrected chi connectivity index (χ3v) is 4.49. The molecule has 1 heterocycles. The Morgan fingerprint density at radius 2 is 1.93 bits per heavy atom. The summed E-state index contributed by atoms with van der Waals surface area (Å²) in [6, 6.07) is 9.02. The zero-order chi connectivity index (χ0) is 19.7. The van der Waals surface area contributed by atoms with Crippen LogP contribution in [0.15, 0.2) is 36.4 Å². The van der Waals surface area contributed by atoms with Crippen LogP contribution in [0.1, 0.15) is 17.5 Å². The minimum absolute atomic E-state index is 0.0546. The molecular formula is C19H19N3O5. The Morgan fingerprint density at radius 3 is 2.59 bits per heavy atom. The van der Waals surface area contributed by atoms with E-state index in [1.807, 2.05) is 32.0 Å². The molecule has 8 heteroatoms. The van der Waals surface area contributed by atoms with E-state index >= 15 is 0 Å². The number of methoxy groups -OCH3 is 1. The Hall–Kier alpha value is -3.42. The van der Waals surface area contributed by atoms with Gasteiger partial charge in [-0.15, -0.1) is 0 Å². The van der Waals surface area contributed by atoms with Gasteiger partial charge >= 0.3 is 0 Å². The van der Waals surface area contributed by atoms with Gasteiger partial charge in [0.05, 0.1) is 24.5 Å². The Morgan fingerprint density at radius 1 is 1.19 bits per heavy atom. The lowest BCUT2D eigenvalue weighted by molar-refractivity contribution is -0.384. The molecule has 1 fully saturated rings. The van der Waals surface area contributed by atoms with Crippen molar-refractivity contribution in [2.24, 2.45) is 0 Å². The molecule has 0 saturated carbocycles. The maximum absolute atomic E-state index is 12.8. The van der Waals surface area contributed by atoms with E-state index in [1.54, 1.807) is 0 Å². The zero-order valence-corrected chi connectivity index (χ0v) is 15.2. The fourth-order valence-corrected chi connectivity index (χ4v) is 3.04. The van der Waals surface area contributed by atoms with Crippen molar-refractivity contribution in [1.82, 2.24) is 0 Å². The maximum atomic E-state index is 12.8. The topological polar surface area (TPSA) is 102 Å². The van der Waals surface area contributed by atoms with Crippen molar-refractivity contribution >= 4 is 28.9 Å². The number of imide groups is 1. The van der Waals surface area contributed by atoms with E-state index in [4.69, 9.17) is 4.74 Å². The van der Waals surface area contributed by atoms with Crippen LogP contribution in [0.5, 0.6) is 5.75 Å². The molecule has 1 saturated heterocycles. The smallest absolute Gasteiger partial charge is 0.297 e. The minimum atomic E-state index is -0.778. The van der Waals surface area contributed by atoms with Crippen LogP contribution < -0.4 is 15.0 Å². The van der Waals surface area contributed by atoms with Crippen LogP contribution >= 0.6 is 0 Å². The van der Waals surface area contributed by atoms with Gasteiger partial charge in [0.2, 0.25) is 5.91 Å². The molecule has 140 valence electrons. The molecule has 1 N–H and O–H groups in total. The Kier molecular flexibility index (Phi) is 4.81. The second kappa shape index (κ2) is 7.06. The fourth-order valence-electron chi connectivity index (χ4n) is 3.04. The number of amides is 2. The number of nitrogens with zero attached hydrogens (tertiary/aromatic N) is 2. The second-order valence-corrected chi connectivity index (χ2v) is 6.40. The van der Waals surface area contributed by atoms with Crippen LogP contribution in [0.4, 0.5) is 17.1 Å². The first-order valence-corrected chi connectivity index (χ1v) is 8.35. The SMILES string of the molecule is COc1ccc(N2C(=O)C[C@@H](Nc3cc(C)ccc3C)C2=O)c([N+](=O)[O-])c1. The van der Waals surface area contributed by atoms with E-state index in [-0.39, 0.29) is 23.5 Å². The molecule has 0 bridgehead atoms. The average Bonchev–Trinajstić information content (AvgIpc) is 2.91. The first-order valence-electron chi connectivity index (χ1n) is 8.35. The van der Waals surface area contributed by atoms with Crippen LogP contribution in [-0.4, -0.2) is 29.9 Å². The van der Waals surface area contributed by atoms with Gasteiger partial charge in [-0.1, -0.05) is 12.1 Å². The van der Waals surface area contributed by atoms with Gasteiger partial charge in [-0.05, 0) is 43.2 Å². The molecule has 0 radical (unpaired) electrons. The molecule has 1 atom stereocenters. The number of nitro benzene ring substituents is 1. The lowest BCUT2D eigenvalue weighted by atomic mass is 10.1. The molecule has 8 nitrogen and oxygen atoms in total. The zero-order valence-electron chi connectivity index (χ0n) is 15.2. The third-order valence-electron chi connectivity index (χ3n) is 4.49. The Labute approximate surface area is 155 Å². The first-order chi connectivity index (χ1) is 12.8. The highest BCUT2D eigenvalue weighted by molar-refractivity contribution is 6.24. The van der Waals surface area contributed by atoms with Crippen molar-refractivity contribution in [1.29, 1.82) is 0 Å². The van der Waals surface area contributed by atoms with Crippen LogP contribution in [0.3, 0.4) is 0 Å². The van der Waals surface area contributed by atoms with Crippen molar-refractivity contribution in [3.8, 4) is 5.75 Å². The number of carbonyl (C=O) groups excluding carboxylic acids is 2. The summed E-state index contributed by atoms with van der Waals surface area (Å²) in [5, 5.41) is 14.5. The molecule has 0 spiro atoms. The summed E-state index contributed by atoms with van der Waals surface area (Å²) in [7, 11) is 1.38. The molecule has 1 aliphatic rings. The largest absolute Gasteiger partial charge is 0.496 e. The number of nitro groups is 1. The van der Waals surface area contributed by atoms with Gasteiger partial charge in [-0.25, -0.2) is 4.90 Å². The molecule has 1 aliphatic heterocycles. The summed E-state index contributed by atoms with van der Waals surface area (Å²) < 4.78 is 5.00. The van der Waals surface area contributed by atoms with Gasteiger partial charge in [0.25, 0.3) is 11.6 Å². The van der Waals surface area contributed by atoms with Gasteiger partial charge in [-0.3, -0.25) is 19.7 Å². The Balaban J connectivity index is 1.93. The van der Waals surface area contributed by atoms with Crippen molar-refractivity contribution in [2.75, 3.05) is 17.3 Å². The third kappa shape index (κ3) is 3.46. The fraction of sp³-hybridized carbons (Fsp3) is 0.263. The van der Waals surface area contributed by atoms with Gasteiger partial charge in [0.1, 0.15) is 17.5 Å². The molecule has 2 aromatic carbocycles. The summed E-state index contributed by atoms with van der Waals surface area (Å²) in [5.74, 6) is -0.736. The van der Waals surface area contributed by atoms with E-state index in [9.17, 15) is 19.7 Å². The minimum Gasteiger partial charge on any atom is -0.496 e.